The lowest BCUT2D eigenvalue weighted by atomic mass is 9.95. The van der Waals surface area contributed by atoms with E-state index in [1.165, 1.54) is 28.0 Å². The van der Waals surface area contributed by atoms with Gasteiger partial charge in [0.1, 0.15) is 6.04 Å². The van der Waals surface area contributed by atoms with Crippen LogP contribution >= 0.6 is 0 Å². The van der Waals surface area contributed by atoms with E-state index in [-0.39, 0.29) is 41.9 Å². The number of nitrogens with zero attached hydrogens (tertiary/aromatic N) is 3. The number of hydrogen-bond donors (Lipinski definition) is 2. The molecule has 0 spiro atoms. The lowest BCUT2D eigenvalue weighted by Gasteiger charge is -2.32. The van der Waals surface area contributed by atoms with Gasteiger partial charge in [0, 0.05) is 25.2 Å². The van der Waals surface area contributed by atoms with Crippen molar-refractivity contribution in [2.75, 3.05) is 19.6 Å². The van der Waals surface area contributed by atoms with Crippen LogP contribution < -0.4 is 10.6 Å². The van der Waals surface area contributed by atoms with Gasteiger partial charge in [-0.1, -0.05) is 39.8 Å². The molecular formula is C24H33N5O5. The van der Waals surface area contributed by atoms with E-state index in [9.17, 15) is 24.5 Å². The van der Waals surface area contributed by atoms with Crippen LogP contribution in [0.1, 0.15) is 52.6 Å². The van der Waals surface area contributed by atoms with Gasteiger partial charge in [-0.15, -0.1) is 0 Å². The van der Waals surface area contributed by atoms with Crippen molar-refractivity contribution in [3.8, 4) is 0 Å². The Bertz CT molecular complexity index is 1020. The minimum atomic E-state index is -0.832. The fraction of sp³-hybridized carbons (Fsp3) is 0.542. The molecule has 0 radical (unpaired) electrons. The maximum Gasteiger partial charge on any atom is 0.322 e. The monoisotopic (exact) mass is 471 g/mol. The molecule has 2 aliphatic rings. The second-order valence-electron chi connectivity index (χ2n) is 9.56. The zero-order valence-electron chi connectivity index (χ0n) is 20.3. The summed E-state index contributed by atoms with van der Waals surface area (Å²) in [6.45, 7) is 10.8. The number of benzene rings is 1. The molecule has 3 rings (SSSR count). The number of rotatable bonds is 9. The van der Waals surface area contributed by atoms with Crippen molar-refractivity contribution < 1.29 is 19.3 Å². The Morgan fingerprint density at radius 2 is 1.94 bits per heavy atom. The van der Waals surface area contributed by atoms with Gasteiger partial charge in [-0.25, -0.2) is 4.79 Å². The first kappa shape index (κ1) is 25.2. The largest absolute Gasteiger partial charge is 0.354 e. The number of carbonyl (C=O) groups excluding carboxylic acids is 3. The summed E-state index contributed by atoms with van der Waals surface area (Å²) in [7, 11) is 0. The summed E-state index contributed by atoms with van der Waals surface area (Å²) in [5, 5.41) is 17.1. The Labute approximate surface area is 199 Å². The third kappa shape index (κ3) is 5.05. The quantitative estimate of drug-likeness (QED) is 0.423. The molecule has 34 heavy (non-hydrogen) atoms. The number of nitro groups is 1. The zero-order valence-corrected chi connectivity index (χ0v) is 20.3. The molecule has 10 nitrogen and oxygen atoms in total. The summed E-state index contributed by atoms with van der Waals surface area (Å²) in [6, 6.07) is 4.02. The molecule has 0 bridgehead atoms. The SMILES string of the molecule is CCN1C(=O)N[C@H](c2cccc([N+](=O)[O-])c2)C2=C1CN([C@@H](CC(C)C)C(=O)NCC(C)C)C2=O. The molecule has 1 aromatic rings. The zero-order chi connectivity index (χ0) is 25.2. The van der Waals surface area contributed by atoms with Crippen molar-refractivity contribution in [3.63, 3.8) is 0 Å². The van der Waals surface area contributed by atoms with Gasteiger partial charge in [0.05, 0.1) is 28.8 Å². The van der Waals surface area contributed by atoms with Crippen LogP contribution in [0.2, 0.25) is 0 Å². The summed E-state index contributed by atoms with van der Waals surface area (Å²) in [6.07, 6.45) is 0.477. The lowest BCUT2D eigenvalue weighted by Crippen LogP contribution is -2.50. The summed E-state index contributed by atoms with van der Waals surface area (Å²) in [5.74, 6) is -0.130. The molecule has 2 aliphatic heterocycles. The summed E-state index contributed by atoms with van der Waals surface area (Å²) in [5.41, 5.74) is 1.22. The second-order valence-corrected chi connectivity index (χ2v) is 9.56. The molecule has 4 amide bonds. The molecule has 0 aliphatic carbocycles. The maximum atomic E-state index is 13.8. The molecule has 0 fully saturated rings. The van der Waals surface area contributed by atoms with Gasteiger partial charge in [0.25, 0.3) is 11.6 Å². The predicted octanol–water partition coefficient (Wildman–Crippen LogP) is 2.96. The molecule has 2 N–H and O–H groups in total. The van der Waals surface area contributed by atoms with Crippen molar-refractivity contribution >= 4 is 23.5 Å². The Balaban J connectivity index is 2.01. The van der Waals surface area contributed by atoms with Crippen LogP contribution in [0.3, 0.4) is 0 Å². The number of non-ortho nitro benzene ring substituents is 1. The van der Waals surface area contributed by atoms with E-state index >= 15 is 0 Å². The van der Waals surface area contributed by atoms with Crippen molar-refractivity contribution in [1.82, 2.24) is 20.4 Å². The average molecular weight is 472 g/mol. The van der Waals surface area contributed by atoms with Crippen LogP contribution in [0.5, 0.6) is 0 Å². The van der Waals surface area contributed by atoms with Crippen LogP contribution in [0.4, 0.5) is 10.5 Å². The molecule has 184 valence electrons. The standard InChI is InChI=1S/C24H33N5O5/c1-6-27-19-13-28(18(10-14(2)3)22(30)25-12-15(4)5)23(31)20(19)21(26-24(27)32)16-8-7-9-17(11-16)29(33)34/h7-9,11,14-15,18,21H,6,10,12-13H2,1-5H3,(H,25,30)(H,26,32)/t18-,21+/m0/s1. The van der Waals surface area contributed by atoms with E-state index in [1.54, 1.807) is 6.07 Å². The summed E-state index contributed by atoms with van der Waals surface area (Å²) >= 11 is 0. The molecular weight excluding hydrogens is 438 g/mol. The van der Waals surface area contributed by atoms with Crippen LogP contribution in [-0.4, -0.2) is 58.2 Å². The average Bonchev–Trinajstić information content (AvgIpc) is 3.11. The number of urea groups is 1. The van der Waals surface area contributed by atoms with Gasteiger partial charge in [0.15, 0.2) is 0 Å². The Morgan fingerprint density at radius 1 is 1.24 bits per heavy atom. The smallest absolute Gasteiger partial charge is 0.322 e. The Kier molecular flexibility index (Phi) is 7.58. The van der Waals surface area contributed by atoms with Crippen LogP contribution in [0.25, 0.3) is 0 Å². The molecule has 0 aromatic heterocycles. The van der Waals surface area contributed by atoms with Crippen LogP contribution in [-0.2, 0) is 9.59 Å². The van der Waals surface area contributed by atoms with Gasteiger partial charge in [0.2, 0.25) is 5.91 Å². The highest BCUT2D eigenvalue weighted by atomic mass is 16.6. The fourth-order valence-corrected chi connectivity index (χ4v) is 4.41. The summed E-state index contributed by atoms with van der Waals surface area (Å²) < 4.78 is 0. The second kappa shape index (κ2) is 10.2. The van der Waals surface area contributed by atoms with Gasteiger partial charge in [-0.2, -0.15) is 0 Å². The van der Waals surface area contributed by atoms with Crippen LogP contribution in [0, 0.1) is 22.0 Å². The number of likely N-dealkylation sites (N-methyl/N-ethyl adjacent to an activating group) is 1. The highest BCUT2D eigenvalue weighted by Crippen LogP contribution is 2.38. The summed E-state index contributed by atoms with van der Waals surface area (Å²) in [4.78, 5) is 53.6. The van der Waals surface area contributed by atoms with Gasteiger partial charge < -0.3 is 15.5 Å². The predicted molar refractivity (Wildman–Crippen MR) is 127 cm³/mol. The van der Waals surface area contributed by atoms with E-state index in [0.29, 0.717) is 36.3 Å². The van der Waals surface area contributed by atoms with E-state index in [4.69, 9.17) is 0 Å². The Hall–Kier alpha value is -3.43. The molecule has 2 heterocycles. The number of amides is 4. The number of nitro benzene ring substituents is 1. The topological polar surface area (TPSA) is 125 Å². The maximum absolute atomic E-state index is 13.8. The minimum absolute atomic E-state index is 0.125. The van der Waals surface area contributed by atoms with E-state index in [0.717, 1.165) is 0 Å². The van der Waals surface area contributed by atoms with Crippen molar-refractivity contribution in [1.29, 1.82) is 0 Å². The van der Waals surface area contributed by atoms with E-state index in [2.05, 4.69) is 10.6 Å². The highest BCUT2D eigenvalue weighted by Gasteiger charge is 2.47. The van der Waals surface area contributed by atoms with Gasteiger partial charge in [-0.05, 0) is 30.7 Å². The molecule has 0 saturated carbocycles. The van der Waals surface area contributed by atoms with Gasteiger partial charge in [-0.3, -0.25) is 24.6 Å². The van der Waals surface area contributed by atoms with E-state index in [1.807, 2.05) is 34.6 Å². The van der Waals surface area contributed by atoms with Crippen molar-refractivity contribution in [2.45, 2.75) is 53.1 Å². The third-order valence-electron chi connectivity index (χ3n) is 6.04. The molecule has 0 unspecified atom stereocenters. The molecule has 0 saturated heterocycles. The first-order valence-electron chi connectivity index (χ1n) is 11.7. The van der Waals surface area contributed by atoms with Crippen molar-refractivity contribution in [3.05, 3.63) is 51.2 Å². The van der Waals surface area contributed by atoms with Crippen LogP contribution in [0.15, 0.2) is 35.5 Å². The van der Waals surface area contributed by atoms with Gasteiger partial charge >= 0.3 is 6.03 Å². The normalized spacial score (nSPS) is 19.0. The van der Waals surface area contributed by atoms with E-state index < -0.39 is 17.0 Å². The van der Waals surface area contributed by atoms with Crippen molar-refractivity contribution in [2.24, 2.45) is 11.8 Å². The molecule has 10 heteroatoms. The number of hydrogen-bond acceptors (Lipinski definition) is 5. The number of carbonyl (C=O) groups is 3. The molecule has 1 aromatic carbocycles. The first-order chi connectivity index (χ1) is 16.0. The minimum Gasteiger partial charge on any atom is -0.354 e. The number of nitrogens with one attached hydrogen (secondary N) is 2. The first-order valence-corrected chi connectivity index (χ1v) is 11.7. The lowest BCUT2D eigenvalue weighted by molar-refractivity contribution is -0.384. The third-order valence-corrected chi connectivity index (χ3v) is 6.04. The Morgan fingerprint density at radius 3 is 2.53 bits per heavy atom. The highest BCUT2D eigenvalue weighted by molar-refractivity contribution is 6.03. The molecule has 2 atom stereocenters. The fourth-order valence-electron chi connectivity index (χ4n) is 4.41.